The molecule has 4 aliphatic carbocycles. The van der Waals surface area contributed by atoms with E-state index in [1.165, 1.54) is 13.0 Å². The van der Waals surface area contributed by atoms with E-state index in [2.05, 4.69) is 4.74 Å². The first-order valence-electron chi connectivity index (χ1n) is 11.9. The largest absolute Gasteiger partial charge is 0.508 e. The number of hydrogen-bond donors (Lipinski definition) is 1. The monoisotopic (exact) mass is 482 g/mol. The molecule has 0 saturated heterocycles. The van der Waals surface area contributed by atoms with Crippen LogP contribution in [0.1, 0.15) is 59.3 Å². The van der Waals surface area contributed by atoms with Crippen molar-refractivity contribution in [1.82, 2.24) is 0 Å². The van der Waals surface area contributed by atoms with E-state index in [9.17, 15) is 23.9 Å². The highest BCUT2D eigenvalue weighted by Gasteiger charge is 2.67. The summed E-state index contributed by atoms with van der Waals surface area (Å²) in [4.78, 5) is 35.8. The molecule has 1 N–H and O–H groups in total. The van der Waals surface area contributed by atoms with Gasteiger partial charge >= 0.3 is 12.1 Å². The Morgan fingerprint density at radius 1 is 1.21 bits per heavy atom. The Hall–Kier alpha value is -2.29. The van der Waals surface area contributed by atoms with E-state index < -0.39 is 53.8 Å². The molecule has 0 aromatic heterocycles. The smallest absolute Gasteiger partial charge is 0.432 e. The van der Waals surface area contributed by atoms with E-state index in [0.717, 1.165) is 5.57 Å². The van der Waals surface area contributed by atoms with Crippen LogP contribution in [0.3, 0.4) is 0 Å². The van der Waals surface area contributed by atoms with Gasteiger partial charge in [0.15, 0.2) is 11.9 Å². The molecule has 0 bridgehead atoms. The number of ether oxygens (including phenoxy) is 3. The van der Waals surface area contributed by atoms with Crippen LogP contribution in [0.4, 0.5) is 13.6 Å². The molecule has 8 atom stereocenters. The number of aliphatic hydroxyl groups is 1. The van der Waals surface area contributed by atoms with E-state index in [1.54, 1.807) is 12.2 Å². The summed E-state index contributed by atoms with van der Waals surface area (Å²) in [5, 5.41) is 9.81. The van der Waals surface area contributed by atoms with Gasteiger partial charge in [-0.2, -0.15) is 0 Å². The lowest BCUT2D eigenvalue weighted by Gasteiger charge is -2.60. The average molecular weight is 483 g/mol. The Bertz CT molecular complexity index is 932. The normalized spacial score (nSPS) is 40.2. The molecule has 3 fully saturated rings. The molecule has 0 aromatic rings. The number of rotatable bonds is 5. The molecule has 3 saturated carbocycles. The highest BCUT2D eigenvalue weighted by atomic mass is 19.1. The molecular weight excluding hydrogens is 450 g/mol. The van der Waals surface area contributed by atoms with Crippen molar-refractivity contribution >= 4 is 17.9 Å². The van der Waals surface area contributed by atoms with Crippen molar-refractivity contribution in [3.05, 3.63) is 23.8 Å². The number of hydrogen-bond acceptors (Lipinski definition) is 7. The fourth-order valence-electron chi connectivity index (χ4n) is 6.93. The van der Waals surface area contributed by atoms with E-state index >= 15 is 4.39 Å². The number of esters is 1. The molecule has 34 heavy (non-hydrogen) atoms. The van der Waals surface area contributed by atoms with Crippen molar-refractivity contribution in [3.8, 4) is 0 Å². The molecule has 188 valence electrons. The molecule has 0 aromatic carbocycles. The molecular formula is C25H32F2O7. The summed E-state index contributed by atoms with van der Waals surface area (Å²) in [6.45, 7) is 3.79. The van der Waals surface area contributed by atoms with Gasteiger partial charge in [-0.1, -0.05) is 18.6 Å². The predicted molar refractivity (Wildman–Crippen MR) is 116 cm³/mol. The number of ketones is 1. The zero-order valence-electron chi connectivity index (χ0n) is 19.7. The standard InChI is InChI=1S/C25H32F2O7/c1-14(20(29)21(30)32-13-26)33-22(31)34-19-7-6-17-18-5-4-15-12-16(28)8-9-24(15,3)25(18,27)11-10-23(17,19)2/h8-9,12,14,17-20,29H,4-7,10-11,13H2,1-3H3/t14?,17-,18-,19+,20?,23-,24-,25+/m0/s1. The Labute approximate surface area is 197 Å². The van der Waals surface area contributed by atoms with Gasteiger partial charge in [0, 0.05) is 10.8 Å². The average Bonchev–Trinajstić information content (AvgIpc) is 3.10. The summed E-state index contributed by atoms with van der Waals surface area (Å²) >= 11 is 0. The van der Waals surface area contributed by atoms with Gasteiger partial charge in [0.1, 0.15) is 17.9 Å². The summed E-state index contributed by atoms with van der Waals surface area (Å²) in [5.41, 5.74) is -1.89. The lowest BCUT2D eigenvalue weighted by Crippen LogP contribution is -2.60. The van der Waals surface area contributed by atoms with Gasteiger partial charge in [-0.25, -0.2) is 18.4 Å². The molecule has 7 nitrogen and oxygen atoms in total. The zero-order valence-corrected chi connectivity index (χ0v) is 19.7. The van der Waals surface area contributed by atoms with Crippen LogP contribution in [0.15, 0.2) is 23.8 Å². The molecule has 0 radical (unpaired) electrons. The van der Waals surface area contributed by atoms with Crippen molar-refractivity contribution < 1.29 is 42.5 Å². The topological polar surface area (TPSA) is 99.1 Å². The number of alkyl halides is 2. The highest BCUT2D eigenvalue weighted by Crippen LogP contribution is 2.68. The molecule has 9 heteroatoms. The minimum Gasteiger partial charge on any atom is -0.432 e. The highest BCUT2D eigenvalue weighted by molar-refractivity contribution is 6.01. The fraction of sp³-hybridized carbons (Fsp3) is 0.720. The maximum atomic E-state index is 16.8. The third-order valence-electron chi connectivity index (χ3n) is 8.98. The van der Waals surface area contributed by atoms with Crippen LogP contribution in [0, 0.1) is 22.7 Å². The lowest BCUT2D eigenvalue weighted by molar-refractivity contribution is -0.165. The first-order chi connectivity index (χ1) is 16.0. The van der Waals surface area contributed by atoms with Gasteiger partial charge in [-0.15, -0.1) is 0 Å². The third-order valence-corrected chi connectivity index (χ3v) is 8.98. The van der Waals surface area contributed by atoms with E-state index in [0.29, 0.717) is 32.1 Å². The van der Waals surface area contributed by atoms with Crippen LogP contribution in [0.2, 0.25) is 0 Å². The van der Waals surface area contributed by atoms with E-state index in [1.807, 2.05) is 13.8 Å². The Kier molecular flexibility index (Phi) is 6.38. The number of halogens is 2. The zero-order chi connectivity index (χ0) is 24.9. The minimum atomic E-state index is -1.84. The van der Waals surface area contributed by atoms with E-state index in [4.69, 9.17) is 9.47 Å². The summed E-state index contributed by atoms with van der Waals surface area (Å²) in [5.74, 6) is -1.57. The van der Waals surface area contributed by atoms with Crippen LogP contribution in [0.5, 0.6) is 0 Å². The Morgan fingerprint density at radius 3 is 2.65 bits per heavy atom. The second-order valence-corrected chi connectivity index (χ2v) is 10.5. The van der Waals surface area contributed by atoms with E-state index in [-0.39, 0.29) is 24.0 Å². The van der Waals surface area contributed by atoms with Crippen molar-refractivity contribution in [1.29, 1.82) is 0 Å². The number of aliphatic hydroxyl groups excluding tert-OH is 1. The molecule has 0 heterocycles. The number of fused-ring (bicyclic) bond motifs is 5. The summed E-state index contributed by atoms with van der Waals surface area (Å²) in [7, 11) is 0. The van der Waals surface area contributed by atoms with Crippen molar-refractivity contribution in [2.75, 3.05) is 6.86 Å². The van der Waals surface area contributed by atoms with Crippen LogP contribution < -0.4 is 0 Å². The molecule has 0 amide bonds. The maximum Gasteiger partial charge on any atom is 0.508 e. The number of carbonyl (C=O) groups excluding carboxylic acids is 3. The third kappa shape index (κ3) is 3.76. The second-order valence-electron chi connectivity index (χ2n) is 10.5. The van der Waals surface area contributed by atoms with Gasteiger partial charge < -0.3 is 19.3 Å². The first-order valence-corrected chi connectivity index (χ1v) is 11.9. The SMILES string of the molecule is CC(OC(=O)O[C@@H]1CC[C@H]2[C@@H]3CCC4=CC(=O)C=C[C@]4(C)[C@@]3(F)CC[C@]12C)C(O)C(=O)OCF. The number of carbonyl (C=O) groups is 3. The lowest BCUT2D eigenvalue weighted by atomic mass is 9.47. The maximum absolute atomic E-state index is 16.8. The fourth-order valence-corrected chi connectivity index (χ4v) is 6.93. The molecule has 4 rings (SSSR count). The van der Waals surface area contributed by atoms with Crippen LogP contribution >= 0.6 is 0 Å². The van der Waals surface area contributed by atoms with Gasteiger partial charge in [-0.05, 0) is 76.4 Å². The summed E-state index contributed by atoms with van der Waals surface area (Å²) in [6.07, 6.45) is 3.47. The molecule has 0 spiro atoms. The predicted octanol–water partition coefficient (Wildman–Crippen LogP) is 4.13. The van der Waals surface area contributed by atoms with Crippen LogP contribution in [0.25, 0.3) is 0 Å². The summed E-state index contributed by atoms with van der Waals surface area (Å²) in [6, 6.07) is 0. The Morgan fingerprint density at radius 2 is 1.94 bits per heavy atom. The quantitative estimate of drug-likeness (QED) is 0.589. The first kappa shape index (κ1) is 24.8. The van der Waals surface area contributed by atoms with Crippen molar-refractivity contribution in [2.45, 2.75) is 83.3 Å². The second kappa shape index (κ2) is 8.73. The minimum absolute atomic E-state index is 0.00370. The molecule has 2 unspecified atom stereocenters. The van der Waals surface area contributed by atoms with Gasteiger partial charge in [0.2, 0.25) is 6.86 Å². The van der Waals surface area contributed by atoms with Crippen molar-refractivity contribution in [2.24, 2.45) is 22.7 Å². The van der Waals surface area contributed by atoms with Gasteiger partial charge in [0.25, 0.3) is 0 Å². The van der Waals surface area contributed by atoms with Gasteiger partial charge in [-0.3, -0.25) is 4.79 Å². The van der Waals surface area contributed by atoms with Gasteiger partial charge in [0.05, 0.1) is 0 Å². The Balaban J connectivity index is 1.46. The summed E-state index contributed by atoms with van der Waals surface area (Å²) < 4.78 is 43.7. The van der Waals surface area contributed by atoms with Crippen LogP contribution in [-0.2, 0) is 23.8 Å². The molecule has 4 aliphatic rings. The number of allylic oxidation sites excluding steroid dienone is 4. The van der Waals surface area contributed by atoms with Crippen LogP contribution in [-0.4, -0.2) is 53.9 Å². The van der Waals surface area contributed by atoms with Crippen molar-refractivity contribution in [3.63, 3.8) is 0 Å². The molecule has 0 aliphatic heterocycles.